The topological polar surface area (TPSA) is 108 Å². The van der Waals surface area contributed by atoms with Crippen molar-refractivity contribution in [2.45, 2.75) is 25.1 Å². The van der Waals surface area contributed by atoms with Crippen molar-refractivity contribution in [1.82, 2.24) is 10.1 Å². The number of primary amides is 1. The Morgan fingerprint density at radius 1 is 1.27 bits per heavy atom. The minimum Gasteiger partial charge on any atom is -0.370 e. The van der Waals surface area contributed by atoms with Gasteiger partial charge in [0.15, 0.2) is 5.82 Å². The second-order valence-electron chi connectivity index (χ2n) is 4.70. The summed E-state index contributed by atoms with van der Waals surface area (Å²) in [4.78, 5) is 14.8. The minimum absolute atomic E-state index is 0.0562. The Bertz CT molecular complexity index is 652. The van der Waals surface area contributed by atoms with Crippen LogP contribution in [0.15, 0.2) is 28.8 Å². The number of carbonyl (C=O) groups excluding carboxylic acids is 1. The van der Waals surface area contributed by atoms with E-state index in [1.807, 2.05) is 0 Å². The van der Waals surface area contributed by atoms with E-state index in [1.165, 1.54) is 12.1 Å². The summed E-state index contributed by atoms with van der Waals surface area (Å²) in [7, 11) is 0. The van der Waals surface area contributed by atoms with E-state index in [-0.39, 0.29) is 24.6 Å². The standard InChI is InChI=1S/C13H13F3N4O2/c14-13(15,16)8-3-1-7(2-4-8)5-11-19-12(22-20-11)9(17)6-10(18)21/h1-4,9H,5-6,17H2,(H2,18,21)/t9-/m0/s1. The van der Waals surface area contributed by atoms with Gasteiger partial charge in [-0.25, -0.2) is 0 Å². The Kier molecular flexibility index (Phi) is 4.45. The Balaban J connectivity index is 2.05. The lowest BCUT2D eigenvalue weighted by Gasteiger charge is -2.06. The van der Waals surface area contributed by atoms with Gasteiger partial charge in [-0.1, -0.05) is 17.3 Å². The van der Waals surface area contributed by atoms with E-state index in [9.17, 15) is 18.0 Å². The molecule has 0 saturated carbocycles. The molecule has 1 heterocycles. The van der Waals surface area contributed by atoms with Crippen LogP contribution in [0.1, 0.15) is 35.3 Å². The van der Waals surface area contributed by atoms with Gasteiger partial charge in [-0.05, 0) is 17.7 Å². The zero-order chi connectivity index (χ0) is 16.3. The molecule has 0 bridgehead atoms. The molecule has 2 rings (SSSR count). The summed E-state index contributed by atoms with van der Waals surface area (Å²) in [6.07, 6.45) is -4.33. The highest BCUT2D eigenvalue weighted by atomic mass is 19.4. The van der Waals surface area contributed by atoms with Crippen LogP contribution in [-0.2, 0) is 17.4 Å². The molecule has 0 saturated heterocycles. The zero-order valence-electron chi connectivity index (χ0n) is 11.3. The second-order valence-corrected chi connectivity index (χ2v) is 4.70. The molecule has 0 aliphatic carbocycles. The number of hydrogen-bond donors (Lipinski definition) is 2. The van der Waals surface area contributed by atoms with Gasteiger partial charge < -0.3 is 16.0 Å². The third-order valence-corrected chi connectivity index (χ3v) is 2.87. The molecule has 1 amide bonds. The largest absolute Gasteiger partial charge is 0.416 e. The second kappa shape index (κ2) is 6.14. The van der Waals surface area contributed by atoms with Crippen LogP contribution in [0.4, 0.5) is 13.2 Å². The van der Waals surface area contributed by atoms with E-state index in [0.717, 1.165) is 12.1 Å². The number of carbonyl (C=O) groups is 1. The molecule has 1 aromatic carbocycles. The van der Waals surface area contributed by atoms with Crippen molar-refractivity contribution < 1.29 is 22.5 Å². The maximum Gasteiger partial charge on any atom is 0.416 e. The van der Waals surface area contributed by atoms with Gasteiger partial charge in [-0.2, -0.15) is 18.2 Å². The van der Waals surface area contributed by atoms with Crippen LogP contribution >= 0.6 is 0 Å². The van der Waals surface area contributed by atoms with Gasteiger partial charge in [0.1, 0.15) is 0 Å². The first-order valence-corrected chi connectivity index (χ1v) is 6.28. The zero-order valence-corrected chi connectivity index (χ0v) is 11.3. The van der Waals surface area contributed by atoms with Crippen molar-refractivity contribution >= 4 is 5.91 Å². The molecule has 9 heteroatoms. The maximum absolute atomic E-state index is 12.5. The molecule has 118 valence electrons. The van der Waals surface area contributed by atoms with Crippen molar-refractivity contribution in [2.24, 2.45) is 11.5 Å². The van der Waals surface area contributed by atoms with Gasteiger partial charge in [0.25, 0.3) is 0 Å². The fraction of sp³-hybridized carbons (Fsp3) is 0.308. The lowest BCUT2D eigenvalue weighted by Crippen LogP contribution is -2.20. The van der Waals surface area contributed by atoms with E-state index in [2.05, 4.69) is 10.1 Å². The fourth-order valence-corrected chi connectivity index (χ4v) is 1.79. The number of alkyl halides is 3. The van der Waals surface area contributed by atoms with Crippen molar-refractivity contribution in [2.75, 3.05) is 0 Å². The summed E-state index contributed by atoms with van der Waals surface area (Å²) in [5.74, 6) is -0.287. The van der Waals surface area contributed by atoms with Gasteiger partial charge >= 0.3 is 6.18 Å². The van der Waals surface area contributed by atoms with Gasteiger partial charge in [0.05, 0.1) is 18.0 Å². The highest BCUT2D eigenvalue weighted by Crippen LogP contribution is 2.29. The average Bonchev–Trinajstić information content (AvgIpc) is 2.86. The van der Waals surface area contributed by atoms with E-state index < -0.39 is 23.7 Å². The number of rotatable bonds is 5. The first-order valence-electron chi connectivity index (χ1n) is 6.28. The Labute approximate surface area is 123 Å². The Morgan fingerprint density at radius 3 is 2.45 bits per heavy atom. The molecule has 0 fully saturated rings. The minimum atomic E-state index is -4.38. The summed E-state index contributed by atoms with van der Waals surface area (Å²) in [6, 6.07) is 3.83. The van der Waals surface area contributed by atoms with Crippen molar-refractivity contribution in [1.29, 1.82) is 0 Å². The Hall–Kier alpha value is -2.42. The summed E-state index contributed by atoms with van der Waals surface area (Å²) >= 11 is 0. The summed E-state index contributed by atoms with van der Waals surface area (Å²) in [6.45, 7) is 0. The van der Waals surface area contributed by atoms with Gasteiger partial charge in [-0.3, -0.25) is 4.79 Å². The molecule has 0 aliphatic heterocycles. The number of aromatic nitrogens is 2. The first kappa shape index (κ1) is 16.0. The summed E-state index contributed by atoms with van der Waals surface area (Å²) < 4.78 is 42.3. The summed E-state index contributed by atoms with van der Waals surface area (Å²) in [5, 5.41) is 3.67. The quantitative estimate of drug-likeness (QED) is 0.870. The van der Waals surface area contributed by atoms with E-state index in [0.29, 0.717) is 5.56 Å². The van der Waals surface area contributed by atoms with E-state index in [1.54, 1.807) is 0 Å². The number of halogens is 3. The average molecular weight is 314 g/mol. The molecular weight excluding hydrogens is 301 g/mol. The van der Waals surface area contributed by atoms with Gasteiger partial charge in [0, 0.05) is 6.42 Å². The predicted octanol–water partition coefficient (Wildman–Crippen LogP) is 1.55. The molecule has 0 spiro atoms. The number of nitrogens with zero attached hydrogens (tertiary/aromatic N) is 2. The SMILES string of the molecule is NC(=O)C[C@H](N)c1nc(Cc2ccc(C(F)(F)F)cc2)no1. The number of benzene rings is 1. The molecule has 0 radical (unpaired) electrons. The monoisotopic (exact) mass is 314 g/mol. The van der Waals surface area contributed by atoms with Gasteiger partial charge in [-0.15, -0.1) is 0 Å². The number of hydrogen-bond acceptors (Lipinski definition) is 5. The molecule has 4 N–H and O–H groups in total. The van der Waals surface area contributed by atoms with Crippen LogP contribution in [0, 0.1) is 0 Å². The highest BCUT2D eigenvalue weighted by molar-refractivity contribution is 5.74. The van der Waals surface area contributed by atoms with Gasteiger partial charge in [0.2, 0.25) is 11.8 Å². The molecular formula is C13H13F3N4O2. The third-order valence-electron chi connectivity index (χ3n) is 2.87. The number of nitrogens with two attached hydrogens (primary N) is 2. The molecule has 1 atom stereocenters. The Morgan fingerprint density at radius 2 is 1.91 bits per heavy atom. The molecule has 1 aromatic heterocycles. The predicted molar refractivity (Wildman–Crippen MR) is 69.3 cm³/mol. The number of amides is 1. The maximum atomic E-state index is 12.5. The molecule has 0 unspecified atom stereocenters. The van der Waals surface area contributed by atoms with Crippen LogP contribution < -0.4 is 11.5 Å². The fourth-order valence-electron chi connectivity index (χ4n) is 1.79. The smallest absolute Gasteiger partial charge is 0.370 e. The lowest BCUT2D eigenvalue weighted by molar-refractivity contribution is -0.137. The first-order chi connectivity index (χ1) is 10.3. The van der Waals surface area contributed by atoms with Crippen LogP contribution in [0.2, 0.25) is 0 Å². The van der Waals surface area contributed by atoms with Crippen LogP contribution in [0.3, 0.4) is 0 Å². The third kappa shape index (κ3) is 4.04. The molecule has 22 heavy (non-hydrogen) atoms. The molecule has 6 nitrogen and oxygen atoms in total. The molecule has 0 aliphatic rings. The molecule has 2 aromatic rings. The van der Waals surface area contributed by atoms with Crippen LogP contribution in [0.25, 0.3) is 0 Å². The normalized spacial score (nSPS) is 13.1. The highest BCUT2D eigenvalue weighted by Gasteiger charge is 2.30. The lowest BCUT2D eigenvalue weighted by atomic mass is 10.1. The van der Waals surface area contributed by atoms with Crippen LogP contribution in [0.5, 0.6) is 0 Å². The van der Waals surface area contributed by atoms with Crippen molar-refractivity contribution in [3.05, 3.63) is 47.1 Å². The van der Waals surface area contributed by atoms with E-state index >= 15 is 0 Å². The van der Waals surface area contributed by atoms with Crippen molar-refractivity contribution in [3.8, 4) is 0 Å². The van der Waals surface area contributed by atoms with E-state index in [4.69, 9.17) is 16.0 Å². The van der Waals surface area contributed by atoms with Crippen LogP contribution in [-0.4, -0.2) is 16.0 Å². The van der Waals surface area contributed by atoms with Crippen molar-refractivity contribution in [3.63, 3.8) is 0 Å². The summed E-state index contributed by atoms with van der Waals surface area (Å²) in [5.41, 5.74) is 10.5.